The van der Waals surface area contributed by atoms with E-state index in [1.165, 1.54) is 18.8 Å². The molecule has 5 heteroatoms. The van der Waals surface area contributed by atoms with E-state index in [1.807, 2.05) is 0 Å². The maximum Gasteiger partial charge on any atom is 0.405 e. The van der Waals surface area contributed by atoms with Crippen LogP contribution in [0.15, 0.2) is 0 Å². The van der Waals surface area contributed by atoms with E-state index in [4.69, 9.17) is 9.42 Å². The van der Waals surface area contributed by atoms with Crippen molar-refractivity contribution in [1.82, 2.24) is 4.67 Å². The van der Waals surface area contributed by atoms with E-state index in [-0.39, 0.29) is 6.10 Å². The maximum atomic E-state index is 11.0. The summed E-state index contributed by atoms with van der Waals surface area (Å²) < 4.78 is 16.9. The first-order valence-electron chi connectivity index (χ1n) is 3.05. The molecule has 0 amide bonds. The Labute approximate surface area is 61.4 Å². The SMILES string of the molecule is CC(C)OP(=O)(O)N(C)C. The van der Waals surface area contributed by atoms with E-state index in [2.05, 4.69) is 0 Å². The van der Waals surface area contributed by atoms with E-state index in [0.29, 0.717) is 0 Å². The van der Waals surface area contributed by atoms with Crippen LogP contribution in [-0.4, -0.2) is 29.8 Å². The van der Waals surface area contributed by atoms with Gasteiger partial charge in [0.25, 0.3) is 0 Å². The van der Waals surface area contributed by atoms with E-state index in [0.717, 1.165) is 0 Å². The van der Waals surface area contributed by atoms with Crippen LogP contribution in [0.1, 0.15) is 13.8 Å². The molecule has 4 nitrogen and oxygen atoms in total. The molecule has 0 saturated carbocycles. The second-order valence-corrected chi connectivity index (χ2v) is 4.48. The zero-order valence-electron chi connectivity index (χ0n) is 6.74. The first-order chi connectivity index (χ1) is 4.36. The molecule has 10 heavy (non-hydrogen) atoms. The Balaban J connectivity index is 4.01. The zero-order chi connectivity index (χ0) is 8.36. The van der Waals surface area contributed by atoms with Crippen molar-refractivity contribution in [1.29, 1.82) is 0 Å². The van der Waals surface area contributed by atoms with Gasteiger partial charge in [0, 0.05) is 0 Å². The third-order valence-corrected chi connectivity index (χ3v) is 2.56. The quantitative estimate of drug-likeness (QED) is 0.639. The Morgan fingerprint density at radius 3 is 2.00 bits per heavy atom. The van der Waals surface area contributed by atoms with Gasteiger partial charge in [-0.05, 0) is 27.9 Å². The molecular weight excluding hydrogens is 153 g/mol. The fourth-order valence-electron chi connectivity index (χ4n) is 0.369. The van der Waals surface area contributed by atoms with Gasteiger partial charge in [0.15, 0.2) is 0 Å². The Hall–Kier alpha value is 0.110. The van der Waals surface area contributed by atoms with Gasteiger partial charge in [0.05, 0.1) is 6.10 Å². The number of hydrogen-bond acceptors (Lipinski definition) is 2. The van der Waals surface area contributed by atoms with Crippen LogP contribution in [-0.2, 0) is 9.09 Å². The predicted molar refractivity (Wildman–Crippen MR) is 39.7 cm³/mol. The Kier molecular flexibility index (Phi) is 3.52. The van der Waals surface area contributed by atoms with Gasteiger partial charge in [-0.3, -0.25) is 4.52 Å². The lowest BCUT2D eigenvalue weighted by molar-refractivity contribution is 0.176. The van der Waals surface area contributed by atoms with Crippen molar-refractivity contribution in [2.75, 3.05) is 14.1 Å². The summed E-state index contributed by atoms with van der Waals surface area (Å²) in [6, 6.07) is 0. The van der Waals surface area contributed by atoms with Crippen LogP contribution in [0.3, 0.4) is 0 Å². The summed E-state index contributed by atoms with van der Waals surface area (Å²) in [5.74, 6) is 0. The summed E-state index contributed by atoms with van der Waals surface area (Å²) in [5.41, 5.74) is 0. The van der Waals surface area contributed by atoms with Crippen molar-refractivity contribution in [3.05, 3.63) is 0 Å². The van der Waals surface area contributed by atoms with Crippen LogP contribution in [0.5, 0.6) is 0 Å². The third-order valence-electron chi connectivity index (χ3n) is 0.854. The minimum absolute atomic E-state index is 0.224. The third kappa shape index (κ3) is 3.32. The first-order valence-corrected chi connectivity index (χ1v) is 4.58. The molecule has 0 rings (SSSR count). The fourth-order valence-corrected chi connectivity index (χ4v) is 1.11. The summed E-state index contributed by atoms with van der Waals surface area (Å²) in [5, 5.41) is 0. The number of hydrogen-bond donors (Lipinski definition) is 1. The minimum atomic E-state index is -3.49. The molecule has 0 aromatic heterocycles. The molecule has 0 bridgehead atoms. The molecule has 0 radical (unpaired) electrons. The molecular formula is C5H14NO3P. The molecule has 1 atom stereocenters. The van der Waals surface area contributed by atoms with E-state index in [1.54, 1.807) is 13.8 Å². The summed E-state index contributed by atoms with van der Waals surface area (Å²) in [4.78, 5) is 9.02. The molecule has 1 unspecified atom stereocenters. The maximum absolute atomic E-state index is 11.0. The highest BCUT2D eigenvalue weighted by atomic mass is 31.2. The molecule has 0 spiro atoms. The van der Waals surface area contributed by atoms with Crippen molar-refractivity contribution >= 4 is 7.75 Å². The topological polar surface area (TPSA) is 49.8 Å². The second-order valence-electron chi connectivity index (χ2n) is 2.49. The highest BCUT2D eigenvalue weighted by Crippen LogP contribution is 2.44. The van der Waals surface area contributed by atoms with E-state index >= 15 is 0 Å². The van der Waals surface area contributed by atoms with E-state index < -0.39 is 7.75 Å². The fraction of sp³-hybridized carbons (Fsp3) is 1.00. The van der Waals surface area contributed by atoms with E-state index in [9.17, 15) is 4.57 Å². The average molecular weight is 167 g/mol. The molecule has 0 heterocycles. The Bertz CT molecular complexity index is 146. The van der Waals surface area contributed by atoms with Crippen molar-refractivity contribution in [3.63, 3.8) is 0 Å². The second kappa shape index (κ2) is 3.49. The van der Waals surface area contributed by atoms with Gasteiger partial charge in [-0.2, -0.15) is 0 Å². The van der Waals surface area contributed by atoms with Gasteiger partial charge in [-0.15, -0.1) is 0 Å². The normalized spacial score (nSPS) is 17.9. The molecule has 0 fully saturated rings. The summed E-state index contributed by atoms with van der Waals surface area (Å²) in [7, 11) is -0.481. The number of nitrogens with zero attached hydrogens (tertiary/aromatic N) is 1. The zero-order valence-corrected chi connectivity index (χ0v) is 7.63. The molecule has 0 aliphatic heterocycles. The van der Waals surface area contributed by atoms with Gasteiger partial charge in [-0.1, -0.05) is 0 Å². The van der Waals surface area contributed by atoms with Crippen LogP contribution < -0.4 is 0 Å². The van der Waals surface area contributed by atoms with Gasteiger partial charge in [0.1, 0.15) is 0 Å². The van der Waals surface area contributed by atoms with Crippen LogP contribution in [0.2, 0.25) is 0 Å². The lowest BCUT2D eigenvalue weighted by Crippen LogP contribution is -2.13. The average Bonchev–Trinajstić information content (AvgIpc) is 1.60. The molecule has 1 N–H and O–H groups in total. The lowest BCUT2D eigenvalue weighted by Gasteiger charge is -2.19. The predicted octanol–water partition coefficient (Wildman–Crippen LogP) is 1.07. The standard InChI is InChI=1S/C5H14NO3P/c1-5(2)9-10(7,8)6(3)4/h5H,1-4H3,(H,7,8). The van der Waals surface area contributed by atoms with Crippen LogP contribution in [0.4, 0.5) is 0 Å². The number of rotatable bonds is 3. The molecule has 0 saturated heterocycles. The molecule has 0 aromatic rings. The highest BCUT2D eigenvalue weighted by molar-refractivity contribution is 7.50. The summed E-state index contributed by atoms with van der Waals surface area (Å²) >= 11 is 0. The van der Waals surface area contributed by atoms with Crippen molar-refractivity contribution in [3.8, 4) is 0 Å². The molecule has 62 valence electrons. The van der Waals surface area contributed by atoms with Crippen LogP contribution in [0.25, 0.3) is 0 Å². The summed E-state index contributed by atoms with van der Waals surface area (Å²) in [6.45, 7) is 3.43. The highest BCUT2D eigenvalue weighted by Gasteiger charge is 2.23. The lowest BCUT2D eigenvalue weighted by atomic mass is 10.5. The van der Waals surface area contributed by atoms with Crippen molar-refractivity contribution in [2.45, 2.75) is 20.0 Å². The minimum Gasteiger partial charge on any atom is -0.312 e. The largest absolute Gasteiger partial charge is 0.405 e. The van der Waals surface area contributed by atoms with Crippen LogP contribution in [0, 0.1) is 0 Å². The molecule has 0 aliphatic carbocycles. The molecule has 0 aromatic carbocycles. The smallest absolute Gasteiger partial charge is 0.312 e. The summed E-state index contributed by atoms with van der Waals surface area (Å²) in [6.07, 6.45) is -0.224. The van der Waals surface area contributed by atoms with Gasteiger partial charge in [-0.25, -0.2) is 9.24 Å². The Morgan fingerprint density at radius 2 is 1.90 bits per heavy atom. The first kappa shape index (κ1) is 10.1. The van der Waals surface area contributed by atoms with Gasteiger partial charge < -0.3 is 4.89 Å². The van der Waals surface area contributed by atoms with Gasteiger partial charge >= 0.3 is 7.75 Å². The van der Waals surface area contributed by atoms with Crippen LogP contribution >= 0.6 is 7.75 Å². The Morgan fingerprint density at radius 1 is 1.50 bits per heavy atom. The molecule has 0 aliphatic rings. The monoisotopic (exact) mass is 167 g/mol. The van der Waals surface area contributed by atoms with Crippen molar-refractivity contribution < 1.29 is 14.0 Å². The van der Waals surface area contributed by atoms with Crippen molar-refractivity contribution in [2.24, 2.45) is 0 Å². The van der Waals surface area contributed by atoms with Gasteiger partial charge in [0.2, 0.25) is 0 Å².